The van der Waals surface area contributed by atoms with Gasteiger partial charge in [0.25, 0.3) is 5.91 Å². The van der Waals surface area contributed by atoms with Crippen LogP contribution in [-0.4, -0.2) is 27.5 Å². The van der Waals surface area contributed by atoms with E-state index in [1.165, 1.54) is 12.8 Å². The second kappa shape index (κ2) is 7.73. The van der Waals surface area contributed by atoms with E-state index in [1.54, 1.807) is 36.5 Å². The van der Waals surface area contributed by atoms with Crippen molar-refractivity contribution in [3.05, 3.63) is 58.6 Å². The molecule has 1 saturated carbocycles. The standard InChI is InChI=1S/C18H20ClN3O2/c19-14-7-5-12(6-8-14)16(23)11-21-18(24)15-9-10-20-17(22-15)13-3-1-2-4-13/h5-10,13,16,23H,1-4,11H2,(H,21,24). The Balaban J connectivity index is 1.60. The lowest BCUT2D eigenvalue weighted by atomic mass is 10.1. The van der Waals surface area contributed by atoms with Crippen LogP contribution in [0.2, 0.25) is 5.02 Å². The van der Waals surface area contributed by atoms with E-state index in [0.717, 1.165) is 18.7 Å². The number of hydrogen-bond donors (Lipinski definition) is 2. The molecule has 6 heteroatoms. The molecule has 1 heterocycles. The summed E-state index contributed by atoms with van der Waals surface area (Å²) in [7, 11) is 0. The molecule has 1 aromatic heterocycles. The molecule has 1 unspecified atom stereocenters. The van der Waals surface area contributed by atoms with E-state index in [-0.39, 0.29) is 12.5 Å². The van der Waals surface area contributed by atoms with Gasteiger partial charge in [-0.15, -0.1) is 0 Å². The van der Waals surface area contributed by atoms with Gasteiger partial charge < -0.3 is 10.4 Å². The van der Waals surface area contributed by atoms with Crippen molar-refractivity contribution in [2.75, 3.05) is 6.54 Å². The molecule has 0 aliphatic heterocycles. The van der Waals surface area contributed by atoms with Crippen LogP contribution in [0.15, 0.2) is 36.5 Å². The van der Waals surface area contributed by atoms with Crippen LogP contribution in [0.5, 0.6) is 0 Å². The van der Waals surface area contributed by atoms with Gasteiger partial charge in [-0.2, -0.15) is 0 Å². The van der Waals surface area contributed by atoms with Crippen molar-refractivity contribution in [1.82, 2.24) is 15.3 Å². The van der Waals surface area contributed by atoms with Crippen LogP contribution in [0.25, 0.3) is 0 Å². The largest absolute Gasteiger partial charge is 0.387 e. The van der Waals surface area contributed by atoms with Crippen molar-refractivity contribution in [3.8, 4) is 0 Å². The topological polar surface area (TPSA) is 75.1 Å². The van der Waals surface area contributed by atoms with Crippen LogP contribution >= 0.6 is 11.6 Å². The third kappa shape index (κ3) is 4.10. The fourth-order valence-electron chi connectivity index (χ4n) is 2.96. The molecule has 0 bridgehead atoms. The van der Waals surface area contributed by atoms with Crippen LogP contribution in [0.3, 0.4) is 0 Å². The second-order valence-corrected chi connectivity index (χ2v) is 6.50. The van der Waals surface area contributed by atoms with Crippen LogP contribution in [0.4, 0.5) is 0 Å². The van der Waals surface area contributed by atoms with Crippen LogP contribution in [-0.2, 0) is 0 Å². The third-order valence-corrected chi connectivity index (χ3v) is 4.59. The van der Waals surface area contributed by atoms with Gasteiger partial charge in [-0.3, -0.25) is 4.79 Å². The number of benzene rings is 1. The van der Waals surface area contributed by atoms with E-state index in [9.17, 15) is 9.90 Å². The maximum Gasteiger partial charge on any atom is 0.270 e. The highest BCUT2D eigenvalue weighted by Crippen LogP contribution is 2.31. The molecule has 1 fully saturated rings. The Morgan fingerprint density at radius 2 is 1.96 bits per heavy atom. The SMILES string of the molecule is O=C(NCC(O)c1ccc(Cl)cc1)c1ccnc(C2CCCC2)n1. The van der Waals surface area contributed by atoms with Gasteiger partial charge in [-0.25, -0.2) is 9.97 Å². The minimum Gasteiger partial charge on any atom is -0.387 e. The Morgan fingerprint density at radius 1 is 1.25 bits per heavy atom. The molecular formula is C18H20ClN3O2. The lowest BCUT2D eigenvalue weighted by molar-refractivity contribution is 0.0911. The van der Waals surface area contributed by atoms with Gasteiger partial charge in [0.1, 0.15) is 11.5 Å². The summed E-state index contributed by atoms with van der Waals surface area (Å²) in [5, 5.41) is 13.5. The van der Waals surface area contributed by atoms with Crippen LogP contribution in [0.1, 0.15) is 59.6 Å². The number of halogens is 1. The normalized spacial score (nSPS) is 16.1. The monoisotopic (exact) mass is 345 g/mol. The number of carbonyl (C=O) groups is 1. The zero-order valence-corrected chi connectivity index (χ0v) is 14.0. The summed E-state index contributed by atoms with van der Waals surface area (Å²) in [6, 6.07) is 8.49. The number of aliphatic hydroxyl groups excluding tert-OH is 1. The molecular weight excluding hydrogens is 326 g/mol. The average Bonchev–Trinajstić information content (AvgIpc) is 3.15. The van der Waals surface area contributed by atoms with Gasteiger partial charge in [0.2, 0.25) is 0 Å². The smallest absolute Gasteiger partial charge is 0.270 e. The van der Waals surface area contributed by atoms with Crippen LogP contribution < -0.4 is 5.32 Å². The van der Waals surface area contributed by atoms with E-state index < -0.39 is 6.10 Å². The number of amides is 1. The Labute approximate surface area is 146 Å². The Bertz CT molecular complexity index is 700. The number of carbonyl (C=O) groups excluding carboxylic acids is 1. The van der Waals surface area contributed by atoms with Gasteiger partial charge in [-0.1, -0.05) is 36.6 Å². The molecule has 0 radical (unpaired) electrons. The zero-order chi connectivity index (χ0) is 16.9. The predicted molar refractivity (Wildman–Crippen MR) is 92.0 cm³/mol. The minimum absolute atomic E-state index is 0.114. The number of nitrogens with zero attached hydrogens (tertiary/aromatic N) is 2. The minimum atomic E-state index is -0.789. The molecule has 126 valence electrons. The molecule has 1 amide bonds. The molecule has 2 N–H and O–H groups in total. The number of nitrogens with one attached hydrogen (secondary N) is 1. The summed E-state index contributed by atoms with van der Waals surface area (Å²) in [6.07, 6.45) is 5.39. The Morgan fingerprint density at radius 3 is 2.67 bits per heavy atom. The number of aliphatic hydroxyl groups is 1. The van der Waals surface area contributed by atoms with Crippen molar-refractivity contribution in [1.29, 1.82) is 0 Å². The fourth-order valence-corrected chi connectivity index (χ4v) is 3.09. The Kier molecular flexibility index (Phi) is 5.43. The predicted octanol–water partition coefficient (Wildman–Crippen LogP) is 3.25. The van der Waals surface area contributed by atoms with E-state index in [1.807, 2.05) is 0 Å². The lowest BCUT2D eigenvalue weighted by Crippen LogP contribution is -2.29. The molecule has 3 rings (SSSR count). The van der Waals surface area contributed by atoms with Crippen molar-refractivity contribution in [2.24, 2.45) is 0 Å². The average molecular weight is 346 g/mol. The molecule has 0 saturated heterocycles. The first kappa shape index (κ1) is 16.9. The van der Waals surface area contributed by atoms with Gasteiger partial charge in [0, 0.05) is 23.7 Å². The van der Waals surface area contributed by atoms with Gasteiger partial charge in [0.05, 0.1) is 6.10 Å². The third-order valence-electron chi connectivity index (χ3n) is 4.34. The quantitative estimate of drug-likeness (QED) is 0.872. The molecule has 24 heavy (non-hydrogen) atoms. The van der Waals surface area contributed by atoms with E-state index >= 15 is 0 Å². The number of rotatable bonds is 5. The van der Waals surface area contributed by atoms with Crippen molar-refractivity contribution in [3.63, 3.8) is 0 Å². The lowest BCUT2D eigenvalue weighted by Gasteiger charge is -2.13. The molecule has 1 aliphatic carbocycles. The number of hydrogen-bond acceptors (Lipinski definition) is 4. The zero-order valence-electron chi connectivity index (χ0n) is 13.3. The van der Waals surface area contributed by atoms with E-state index in [0.29, 0.717) is 22.2 Å². The first-order chi connectivity index (χ1) is 11.6. The highest BCUT2D eigenvalue weighted by molar-refractivity contribution is 6.30. The van der Waals surface area contributed by atoms with Gasteiger partial charge in [0.15, 0.2) is 0 Å². The highest BCUT2D eigenvalue weighted by Gasteiger charge is 2.21. The Hall–Kier alpha value is -1.98. The summed E-state index contributed by atoms with van der Waals surface area (Å²) in [6.45, 7) is 0.114. The molecule has 1 aromatic carbocycles. The summed E-state index contributed by atoms with van der Waals surface area (Å²) < 4.78 is 0. The maximum atomic E-state index is 12.3. The maximum absolute atomic E-state index is 12.3. The van der Waals surface area contributed by atoms with Crippen molar-refractivity contribution in [2.45, 2.75) is 37.7 Å². The second-order valence-electron chi connectivity index (χ2n) is 6.06. The molecule has 5 nitrogen and oxygen atoms in total. The summed E-state index contributed by atoms with van der Waals surface area (Å²) in [5.41, 5.74) is 1.05. The van der Waals surface area contributed by atoms with E-state index in [2.05, 4.69) is 15.3 Å². The van der Waals surface area contributed by atoms with Crippen molar-refractivity contribution >= 4 is 17.5 Å². The molecule has 2 aromatic rings. The first-order valence-corrected chi connectivity index (χ1v) is 8.56. The molecule has 1 atom stereocenters. The fraction of sp³-hybridized carbons (Fsp3) is 0.389. The molecule has 1 aliphatic rings. The summed E-state index contributed by atoms with van der Waals surface area (Å²) in [5.74, 6) is 0.806. The van der Waals surface area contributed by atoms with Crippen LogP contribution in [0, 0.1) is 0 Å². The first-order valence-electron chi connectivity index (χ1n) is 8.18. The highest BCUT2D eigenvalue weighted by atomic mass is 35.5. The van der Waals surface area contributed by atoms with Crippen molar-refractivity contribution < 1.29 is 9.90 Å². The van der Waals surface area contributed by atoms with Gasteiger partial charge >= 0.3 is 0 Å². The summed E-state index contributed by atoms with van der Waals surface area (Å²) >= 11 is 5.83. The van der Waals surface area contributed by atoms with Gasteiger partial charge in [-0.05, 0) is 36.6 Å². The summed E-state index contributed by atoms with van der Waals surface area (Å²) in [4.78, 5) is 21.0. The number of aromatic nitrogens is 2. The molecule has 0 spiro atoms. The van der Waals surface area contributed by atoms with E-state index in [4.69, 9.17) is 11.6 Å².